The molecule has 0 atom stereocenters. The average Bonchev–Trinajstić information content (AvgIpc) is 2.89. The van der Waals surface area contributed by atoms with Crippen LogP contribution >= 0.6 is 11.6 Å². The van der Waals surface area contributed by atoms with E-state index < -0.39 is 5.97 Å². The van der Waals surface area contributed by atoms with Crippen molar-refractivity contribution in [3.05, 3.63) is 41.1 Å². The Balaban J connectivity index is 2.36. The lowest BCUT2D eigenvalue weighted by atomic mass is 10.2. The molecule has 1 amide bonds. The van der Waals surface area contributed by atoms with Crippen LogP contribution in [-0.4, -0.2) is 42.2 Å². The van der Waals surface area contributed by atoms with Crippen LogP contribution < -0.4 is 0 Å². The highest BCUT2D eigenvalue weighted by molar-refractivity contribution is 6.31. The summed E-state index contributed by atoms with van der Waals surface area (Å²) in [5.74, 6) is -0.421. The molecule has 0 bridgehead atoms. The van der Waals surface area contributed by atoms with Crippen molar-refractivity contribution in [2.75, 3.05) is 20.7 Å². The van der Waals surface area contributed by atoms with E-state index >= 15 is 0 Å². The molecule has 0 fully saturated rings. The Hall–Kier alpha value is -2.27. The van der Waals surface area contributed by atoms with Crippen molar-refractivity contribution in [1.82, 2.24) is 9.47 Å². The summed E-state index contributed by atoms with van der Waals surface area (Å²) in [6.07, 6.45) is 4.72. The maximum absolute atomic E-state index is 12.5. The smallest absolute Gasteiger partial charge is 0.330 e. The normalized spacial score (nSPS) is 11.2. The zero-order valence-corrected chi connectivity index (χ0v) is 14.8. The lowest BCUT2D eigenvalue weighted by Gasteiger charge is -2.14. The van der Waals surface area contributed by atoms with Crippen LogP contribution in [0.1, 0.15) is 25.5 Å². The van der Waals surface area contributed by atoms with Crippen molar-refractivity contribution in [3.63, 3.8) is 0 Å². The Kier molecular flexibility index (Phi) is 6.04. The van der Waals surface area contributed by atoms with Gasteiger partial charge in [0.25, 0.3) is 0 Å². The van der Waals surface area contributed by atoms with E-state index in [0.717, 1.165) is 18.2 Å². The number of esters is 1. The van der Waals surface area contributed by atoms with Crippen molar-refractivity contribution >= 4 is 40.6 Å². The van der Waals surface area contributed by atoms with E-state index in [0.29, 0.717) is 22.8 Å². The number of hydrogen-bond donors (Lipinski definition) is 0. The second-order valence-electron chi connectivity index (χ2n) is 5.64. The van der Waals surface area contributed by atoms with Gasteiger partial charge in [-0.05, 0) is 30.7 Å². The average molecular weight is 349 g/mol. The van der Waals surface area contributed by atoms with Crippen LogP contribution in [-0.2, 0) is 9.53 Å². The van der Waals surface area contributed by atoms with Gasteiger partial charge in [-0.3, -0.25) is 4.57 Å². The van der Waals surface area contributed by atoms with Crippen LogP contribution in [0.15, 0.2) is 30.3 Å². The summed E-state index contributed by atoms with van der Waals surface area (Å²) >= 11 is 6.05. The number of fused-ring (bicyclic) bond motifs is 1. The molecule has 1 aromatic carbocycles. The van der Waals surface area contributed by atoms with E-state index in [1.807, 2.05) is 19.1 Å². The quantitative estimate of drug-likeness (QED) is 0.462. The Labute approximate surface area is 146 Å². The number of hydrogen-bond acceptors (Lipinski definition) is 3. The molecule has 128 valence electrons. The molecule has 0 aliphatic carbocycles. The molecule has 0 unspecified atom stereocenters. The molecule has 1 aromatic heterocycles. The summed E-state index contributed by atoms with van der Waals surface area (Å²) in [5, 5.41) is 1.41. The lowest BCUT2D eigenvalue weighted by molar-refractivity contribution is -0.137. The number of carbonyl (C=O) groups is 2. The molecule has 6 heteroatoms. The van der Waals surface area contributed by atoms with E-state index in [1.54, 1.807) is 32.3 Å². The molecule has 0 radical (unpaired) electrons. The summed E-state index contributed by atoms with van der Waals surface area (Å²) in [6.45, 7) is 2.43. The predicted molar refractivity (Wildman–Crippen MR) is 96.3 cm³/mol. The predicted octanol–water partition coefficient (Wildman–Crippen LogP) is 4.18. The van der Waals surface area contributed by atoms with E-state index in [9.17, 15) is 9.59 Å². The summed E-state index contributed by atoms with van der Waals surface area (Å²) in [6, 6.07) is 6.96. The first kappa shape index (κ1) is 18.1. The summed E-state index contributed by atoms with van der Waals surface area (Å²) in [4.78, 5) is 25.7. The molecule has 2 rings (SSSR count). The van der Waals surface area contributed by atoms with Gasteiger partial charge >= 0.3 is 12.0 Å². The number of benzene rings is 1. The van der Waals surface area contributed by atoms with Gasteiger partial charge in [0.05, 0.1) is 17.8 Å². The number of unbranched alkanes of at least 4 members (excludes halogenated alkanes) is 1. The van der Waals surface area contributed by atoms with Gasteiger partial charge in [-0.1, -0.05) is 31.0 Å². The number of amides is 1. The van der Waals surface area contributed by atoms with E-state index in [4.69, 9.17) is 16.3 Å². The van der Waals surface area contributed by atoms with Crippen LogP contribution in [0.5, 0.6) is 0 Å². The van der Waals surface area contributed by atoms with Gasteiger partial charge in [-0.15, -0.1) is 0 Å². The van der Waals surface area contributed by atoms with Gasteiger partial charge < -0.3 is 9.64 Å². The first-order valence-electron chi connectivity index (χ1n) is 7.81. The molecule has 24 heavy (non-hydrogen) atoms. The molecular weight excluding hydrogens is 328 g/mol. The summed E-state index contributed by atoms with van der Waals surface area (Å²) < 4.78 is 6.62. The van der Waals surface area contributed by atoms with Crippen molar-refractivity contribution < 1.29 is 14.3 Å². The minimum atomic E-state index is -0.421. The molecule has 0 saturated carbocycles. The van der Waals surface area contributed by atoms with Gasteiger partial charge in [0.15, 0.2) is 0 Å². The molecule has 0 spiro atoms. The Morgan fingerprint density at radius 3 is 2.71 bits per heavy atom. The molecule has 2 aromatic rings. The maximum Gasteiger partial charge on any atom is 0.330 e. The Bertz CT molecular complexity index is 778. The van der Waals surface area contributed by atoms with Crippen LogP contribution in [0.25, 0.3) is 17.0 Å². The van der Waals surface area contributed by atoms with Crippen molar-refractivity contribution in [2.45, 2.75) is 19.8 Å². The fraction of sp³-hybridized carbons (Fsp3) is 0.333. The molecule has 0 aliphatic heterocycles. The fourth-order valence-corrected chi connectivity index (χ4v) is 2.42. The zero-order valence-electron chi connectivity index (χ0n) is 14.1. The molecule has 5 nitrogen and oxygen atoms in total. The Morgan fingerprint density at radius 2 is 2.04 bits per heavy atom. The summed E-state index contributed by atoms with van der Waals surface area (Å²) in [7, 11) is 3.34. The molecule has 0 N–H and O–H groups in total. The highest BCUT2D eigenvalue weighted by atomic mass is 35.5. The van der Waals surface area contributed by atoms with Crippen molar-refractivity contribution in [2.24, 2.45) is 0 Å². The molecule has 0 saturated heterocycles. The van der Waals surface area contributed by atoms with Crippen LogP contribution in [0.3, 0.4) is 0 Å². The van der Waals surface area contributed by atoms with Gasteiger partial charge in [0, 0.05) is 30.6 Å². The second-order valence-corrected chi connectivity index (χ2v) is 6.08. The van der Waals surface area contributed by atoms with Gasteiger partial charge in [-0.25, -0.2) is 9.59 Å². The zero-order chi connectivity index (χ0) is 17.7. The van der Waals surface area contributed by atoms with Gasteiger partial charge in [-0.2, -0.15) is 0 Å². The third-order valence-electron chi connectivity index (χ3n) is 3.50. The van der Waals surface area contributed by atoms with Crippen LogP contribution in [0.2, 0.25) is 5.02 Å². The lowest BCUT2D eigenvalue weighted by Crippen LogP contribution is -2.27. The van der Waals surface area contributed by atoms with Crippen molar-refractivity contribution in [3.8, 4) is 0 Å². The third kappa shape index (κ3) is 4.17. The van der Waals surface area contributed by atoms with E-state index in [1.165, 1.54) is 15.5 Å². The van der Waals surface area contributed by atoms with Crippen LogP contribution in [0.4, 0.5) is 4.79 Å². The number of rotatable bonds is 5. The monoisotopic (exact) mass is 348 g/mol. The largest absolute Gasteiger partial charge is 0.463 e. The van der Waals surface area contributed by atoms with Gasteiger partial charge in [0.2, 0.25) is 0 Å². The van der Waals surface area contributed by atoms with Crippen molar-refractivity contribution in [1.29, 1.82) is 0 Å². The first-order chi connectivity index (χ1) is 11.4. The fourth-order valence-electron chi connectivity index (χ4n) is 2.25. The minimum absolute atomic E-state index is 0.216. The number of nitrogens with zero attached hydrogens (tertiary/aromatic N) is 2. The minimum Gasteiger partial charge on any atom is -0.463 e. The number of carbonyl (C=O) groups excluding carboxylic acids is 2. The maximum atomic E-state index is 12.5. The number of aromatic nitrogens is 1. The second kappa shape index (κ2) is 8.02. The topological polar surface area (TPSA) is 51.5 Å². The molecule has 1 heterocycles. The third-order valence-corrected chi connectivity index (χ3v) is 3.74. The number of ether oxygens (including phenoxy) is 1. The molecular formula is C18H21ClN2O3. The van der Waals surface area contributed by atoms with Gasteiger partial charge in [0.1, 0.15) is 0 Å². The molecule has 0 aliphatic rings. The van der Waals surface area contributed by atoms with Crippen LogP contribution in [0, 0.1) is 0 Å². The Morgan fingerprint density at radius 1 is 1.29 bits per heavy atom. The summed E-state index contributed by atoms with van der Waals surface area (Å²) in [5.41, 5.74) is 1.29. The van der Waals surface area contributed by atoms with E-state index in [-0.39, 0.29) is 6.03 Å². The first-order valence-corrected chi connectivity index (χ1v) is 8.19. The highest BCUT2D eigenvalue weighted by Gasteiger charge is 2.16. The standard InChI is InChI=1S/C18H21ClN2O3/c1-4-5-10-24-17(22)9-8-15-11-13-6-7-14(19)12-16(13)21(15)18(23)20(2)3/h6-9,11-12H,4-5,10H2,1-3H3/b9-8+. The van der Waals surface area contributed by atoms with E-state index in [2.05, 4.69) is 0 Å². The number of halogens is 1. The highest BCUT2D eigenvalue weighted by Crippen LogP contribution is 2.25. The SMILES string of the molecule is CCCCOC(=O)/C=C/c1cc2ccc(Cl)cc2n1C(=O)N(C)C.